The maximum atomic E-state index is 11.8. The van der Waals surface area contributed by atoms with Gasteiger partial charge in [-0.2, -0.15) is 0 Å². The highest BCUT2D eigenvalue weighted by atomic mass is 16.5. The minimum absolute atomic E-state index is 0.0705. The summed E-state index contributed by atoms with van der Waals surface area (Å²) in [5.41, 5.74) is 0. The zero-order valence-electron chi connectivity index (χ0n) is 11.1. The van der Waals surface area contributed by atoms with Crippen LogP contribution >= 0.6 is 0 Å². The Hall–Kier alpha value is -0.610. The maximum absolute atomic E-state index is 11.8. The molecule has 0 bridgehead atoms. The number of carbonyl (C=O) groups is 1. The van der Waals surface area contributed by atoms with Crippen molar-refractivity contribution in [1.29, 1.82) is 0 Å². The topological polar surface area (TPSA) is 41.6 Å². The average molecular weight is 240 g/mol. The van der Waals surface area contributed by atoms with Gasteiger partial charge in [0.25, 0.3) is 0 Å². The van der Waals surface area contributed by atoms with Gasteiger partial charge in [-0.25, -0.2) is 0 Å². The predicted molar refractivity (Wildman–Crippen MR) is 66.7 cm³/mol. The van der Waals surface area contributed by atoms with E-state index in [0.29, 0.717) is 12.6 Å². The number of nitrogens with one attached hydrogen (secondary N) is 1. The van der Waals surface area contributed by atoms with Gasteiger partial charge in [-0.05, 0) is 45.2 Å². The first-order chi connectivity index (χ1) is 8.19. The van der Waals surface area contributed by atoms with Crippen molar-refractivity contribution in [3.63, 3.8) is 0 Å². The van der Waals surface area contributed by atoms with Crippen molar-refractivity contribution >= 4 is 5.97 Å². The molecule has 0 saturated carbocycles. The van der Waals surface area contributed by atoms with Gasteiger partial charge in [0.05, 0.1) is 6.61 Å². The van der Waals surface area contributed by atoms with Gasteiger partial charge in [-0.15, -0.1) is 0 Å². The molecule has 4 unspecified atom stereocenters. The zero-order chi connectivity index (χ0) is 12.4. The van der Waals surface area contributed by atoms with Crippen LogP contribution in [-0.2, 0) is 9.53 Å². The Morgan fingerprint density at radius 3 is 2.88 bits per heavy atom. The molecule has 0 amide bonds. The highest BCUT2D eigenvalue weighted by molar-refractivity contribution is 5.75. The molecule has 2 fully saturated rings. The zero-order valence-corrected chi connectivity index (χ0v) is 11.1. The maximum Gasteiger partial charge on any atom is 0.323 e. The van der Waals surface area contributed by atoms with E-state index in [4.69, 9.17) is 4.74 Å². The lowest BCUT2D eigenvalue weighted by atomic mass is 9.92. The van der Waals surface area contributed by atoms with E-state index in [0.717, 1.165) is 37.9 Å². The second-order valence-electron chi connectivity index (χ2n) is 5.18. The van der Waals surface area contributed by atoms with Gasteiger partial charge in [0.15, 0.2) is 0 Å². The van der Waals surface area contributed by atoms with Crippen LogP contribution in [-0.4, -0.2) is 49.2 Å². The standard InChI is InChI=1S/C13H24N2O2/c1-4-12-11-7-14-6-10(11)8-15(12)9(3)13(16)17-5-2/h9-12,14H,4-8H2,1-3H3. The van der Waals surface area contributed by atoms with E-state index in [1.807, 2.05) is 13.8 Å². The molecule has 0 aliphatic carbocycles. The van der Waals surface area contributed by atoms with Crippen LogP contribution in [0.4, 0.5) is 0 Å². The first kappa shape index (κ1) is 12.8. The van der Waals surface area contributed by atoms with E-state index in [2.05, 4.69) is 17.1 Å². The Labute approximate surface area is 104 Å². The van der Waals surface area contributed by atoms with E-state index in [-0.39, 0.29) is 12.0 Å². The van der Waals surface area contributed by atoms with Crippen molar-refractivity contribution in [2.75, 3.05) is 26.2 Å². The fourth-order valence-electron chi connectivity index (χ4n) is 3.44. The molecule has 0 aromatic carbocycles. The van der Waals surface area contributed by atoms with E-state index < -0.39 is 0 Å². The summed E-state index contributed by atoms with van der Waals surface area (Å²) in [6.07, 6.45) is 1.12. The van der Waals surface area contributed by atoms with Crippen molar-refractivity contribution in [2.24, 2.45) is 11.8 Å². The molecule has 0 aromatic heterocycles. The minimum Gasteiger partial charge on any atom is -0.465 e. The number of rotatable bonds is 4. The Morgan fingerprint density at radius 1 is 1.47 bits per heavy atom. The summed E-state index contributed by atoms with van der Waals surface area (Å²) in [7, 11) is 0. The van der Waals surface area contributed by atoms with Crippen LogP contribution in [0.3, 0.4) is 0 Å². The van der Waals surface area contributed by atoms with E-state index in [1.54, 1.807) is 0 Å². The van der Waals surface area contributed by atoms with Gasteiger partial charge in [-0.1, -0.05) is 6.92 Å². The van der Waals surface area contributed by atoms with Crippen LogP contribution in [0.2, 0.25) is 0 Å². The van der Waals surface area contributed by atoms with E-state index in [1.165, 1.54) is 0 Å². The van der Waals surface area contributed by atoms with Crippen LogP contribution in [0.25, 0.3) is 0 Å². The third-order valence-electron chi connectivity index (χ3n) is 4.30. The van der Waals surface area contributed by atoms with Crippen molar-refractivity contribution in [3.05, 3.63) is 0 Å². The summed E-state index contributed by atoms with van der Waals surface area (Å²) in [4.78, 5) is 14.2. The van der Waals surface area contributed by atoms with Gasteiger partial charge in [0.1, 0.15) is 6.04 Å². The highest BCUT2D eigenvalue weighted by Gasteiger charge is 2.46. The van der Waals surface area contributed by atoms with Crippen LogP contribution in [0.1, 0.15) is 27.2 Å². The molecule has 17 heavy (non-hydrogen) atoms. The number of hydrogen-bond acceptors (Lipinski definition) is 4. The van der Waals surface area contributed by atoms with Crippen LogP contribution in [0, 0.1) is 11.8 Å². The molecular weight excluding hydrogens is 216 g/mol. The Kier molecular flexibility index (Phi) is 4.05. The molecular formula is C13H24N2O2. The monoisotopic (exact) mass is 240 g/mol. The minimum atomic E-state index is -0.0921. The van der Waals surface area contributed by atoms with E-state index >= 15 is 0 Å². The molecule has 1 N–H and O–H groups in total. The predicted octanol–water partition coefficient (Wildman–Crippen LogP) is 0.868. The van der Waals surface area contributed by atoms with Crippen molar-refractivity contribution in [2.45, 2.75) is 39.3 Å². The fraction of sp³-hybridized carbons (Fsp3) is 0.923. The molecule has 0 aromatic rings. The normalized spacial score (nSPS) is 34.6. The second-order valence-corrected chi connectivity index (χ2v) is 5.18. The van der Waals surface area contributed by atoms with Gasteiger partial charge < -0.3 is 10.1 Å². The number of ether oxygens (including phenoxy) is 1. The van der Waals surface area contributed by atoms with Gasteiger partial charge in [0, 0.05) is 12.6 Å². The fourth-order valence-corrected chi connectivity index (χ4v) is 3.44. The highest BCUT2D eigenvalue weighted by Crippen LogP contribution is 2.35. The molecule has 0 spiro atoms. The van der Waals surface area contributed by atoms with Gasteiger partial charge in [-0.3, -0.25) is 9.69 Å². The first-order valence-corrected chi connectivity index (χ1v) is 6.82. The molecule has 2 rings (SSSR count). The molecule has 2 saturated heterocycles. The Bertz CT molecular complexity index is 283. The van der Waals surface area contributed by atoms with Crippen molar-refractivity contribution in [3.8, 4) is 0 Å². The Morgan fingerprint density at radius 2 is 2.24 bits per heavy atom. The lowest BCUT2D eigenvalue weighted by Gasteiger charge is -2.30. The lowest BCUT2D eigenvalue weighted by Crippen LogP contribution is -2.45. The summed E-state index contributed by atoms with van der Waals surface area (Å²) in [5.74, 6) is 1.37. The number of carbonyl (C=O) groups excluding carboxylic acids is 1. The first-order valence-electron chi connectivity index (χ1n) is 6.82. The lowest BCUT2D eigenvalue weighted by molar-refractivity contribution is -0.149. The number of esters is 1. The van der Waals surface area contributed by atoms with Crippen LogP contribution < -0.4 is 5.32 Å². The molecule has 2 aliphatic rings. The quantitative estimate of drug-likeness (QED) is 0.740. The molecule has 98 valence electrons. The van der Waals surface area contributed by atoms with Gasteiger partial charge >= 0.3 is 5.97 Å². The Balaban J connectivity index is 2.03. The SMILES string of the molecule is CCOC(=O)C(C)N1CC2CNCC2C1CC. The van der Waals surface area contributed by atoms with Crippen molar-refractivity contribution in [1.82, 2.24) is 10.2 Å². The molecule has 0 radical (unpaired) electrons. The summed E-state index contributed by atoms with van der Waals surface area (Å²) in [6.45, 7) is 9.79. The number of fused-ring (bicyclic) bond motifs is 1. The van der Waals surface area contributed by atoms with Crippen molar-refractivity contribution < 1.29 is 9.53 Å². The molecule has 4 atom stereocenters. The summed E-state index contributed by atoms with van der Waals surface area (Å²) < 4.78 is 5.13. The molecule has 4 nitrogen and oxygen atoms in total. The van der Waals surface area contributed by atoms with Crippen LogP contribution in [0.5, 0.6) is 0 Å². The number of nitrogens with zero attached hydrogens (tertiary/aromatic N) is 1. The molecule has 4 heteroatoms. The summed E-state index contributed by atoms with van der Waals surface area (Å²) >= 11 is 0. The van der Waals surface area contributed by atoms with Crippen LogP contribution in [0.15, 0.2) is 0 Å². The van der Waals surface area contributed by atoms with Gasteiger partial charge in [0.2, 0.25) is 0 Å². The molecule has 2 aliphatic heterocycles. The molecule has 2 heterocycles. The number of hydrogen-bond donors (Lipinski definition) is 1. The average Bonchev–Trinajstić information content (AvgIpc) is 2.87. The van der Waals surface area contributed by atoms with E-state index in [9.17, 15) is 4.79 Å². The summed E-state index contributed by atoms with van der Waals surface area (Å²) in [6, 6.07) is 0.444. The third kappa shape index (κ3) is 2.33. The smallest absolute Gasteiger partial charge is 0.323 e. The number of likely N-dealkylation sites (tertiary alicyclic amines) is 1. The second kappa shape index (κ2) is 5.36. The third-order valence-corrected chi connectivity index (χ3v) is 4.30. The largest absolute Gasteiger partial charge is 0.465 e. The summed E-state index contributed by atoms with van der Waals surface area (Å²) in [5, 5.41) is 3.46.